The number of benzene rings is 2. The lowest BCUT2D eigenvalue weighted by atomic mass is 10.0. The van der Waals surface area contributed by atoms with Crippen molar-refractivity contribution in [1.29, 1.82) is 0 Å². The number of carbonyl (C=O) groups excluding carboxylic acids is 3. The fraction of sp³-hybridized carbons (Fsp3) is 0.375. The molecule has 0 fully saturated rings. The molecular weight excluding hydrogens is 448 g/mol. The summed E-state index contributed by atoms with van der Waals surface area (Å²) < 4.78 is 5.23. The highest BCUT2D eigenvalue weighted by Crippen LogP contribution is 2.27. The summed E-state index contributed by atoms with van der Waals surface area (Å²) in [7, 11) is 0. The Hall–Kier alpha value is -2.51. The molecule has 0 bridgehead atoms. The summed E-state index contributed by atoms with van der Waals surface area (Å²) in [4.78, 5) is 37.4. The first-order valence-corrected chi connectivity index (χ1v) is 11.9. The largest absolute Gasteiger partial charge is 0.445 e. The van der Waals surface area contributed by atoms with Crippen molar-refractivity contribution < 1.29 is 19.1 Å². The summed E-state index contributed by atoms with van der Waals surface area (Å²) in [5.41, 5.74) is 0.851. The van der Waals surface area contributed by atoms with E-state index in [2.05, 4.69) is 10.6 Å². The average Bonchev–Trinajstić information content (AvgIpc) is 2.78. The highest BCUT2D eigenvalue weighted by atomic mass is 35.5. The highest BCUT2D eigenvalue weighted by molar-refractivity contribution is 7.99. The lowest BCUT2D eigenvalue weighted by Crippen LogP contribution is -2.50. The predicted octanol–water partition coefficient (Wildman–Crippen LogP) is 4.85. The van der Waals surface area contributed by atoms with Gasteiger partial charge in [-0.15, -0.1) is 11.8 Å². The first-order chi connectivity index (χ1) is 15.4. The van der Waals surface area contributed by atoms with Crippen LogP contribution in [0.1, 0.15) is 32.3 Å². The molecule has 8 heteroatoms. The van der Waals surface area contributed by atoms with Crippen LogP contribution in [0.2, 0.25) is 5.02 Å². The Morgan fingerprint density at radius 1 is 1.06 bits per heavy atom. The molecule has 2 aromatic carbocycles. The van der Waals surface area contributed by atoms with Crippen molar-refractivity contribution >= 4 is 41.6 Å². The summed E-state index contributed by atoms with van der Waals surface area (Å²) >= 11 is 7.67. The molecular formula is C24H29ClN2O4S. The summed E-state index contributed by atoms with van der Waals surface area (Å²) in [6, 6.07) is 15.3. The van der Waals surface area contributed by atoms with Crippen LogP contribution < -0.4 is 10.6 Å². The van der Waals surface area contributed by atoms with Gasteiger partial charge in [-0.3, -0.25) is 4.79 Å². The number of aldehydes is 1. The number of alkyl carbamates (subject to hydrolysis) is 1. The average molecular weight is 477 g/mol. The topological polar surface area (TPSA) is 84.5 Å². The minimum atomic E-state index is -0.794. The Bertz CT molecular complexity index is 879. The van der Waals surface area contributed by atoms with E-state index in [0.29, 0.717) is 29.9 Å². The Morgan fingerprint density at radius 3 is 2.41 bits per heavy atom. The molecule has 0 spiro atoms. The minimum Gasteiger partial charge on any atom is -0.445 e. The van der Waals surface area contributed by atoms with Gasteiger partial charge in [0.25, 0.3) is 0 Å². The summed E-state index contributed by atoms with van der Waals surface area (Å²) in [6.07, 6.45) is 0.904. The van der Waals surface area contributed by atoms with Crippen LogP contribution in [-0.4, -0.2) is 36.1 Å². The van der Waals surface area contributed by atoms with Crippen LogP contribution in [0.15, 0.2) is 59.5 Å². The van der Waals surface area contributed by atoms with Crippen LogP contribution in [0.3, 0.4) is 0 Å². The van der Waals surface area contributed by atoms with Gasteiger partial charge < -0.3 is 20.2 Å². The number of hydrogen-bond donors (Lipinski definition) is 2. The molecule has 0 aromatic heterocycles. The minimum absolute atomic E-state index is 0.110. The second-order valence-electron chi connectivity index (χ2n) is 7.71. The van der Waals surface area contributed by atoms with Gasteiger partial charge >= 0.3 is 6.09 Å². The number of hydrogen-bond acceptors (Lipinski definition) is 5. The third-order valence-electron chi connectivity index (χ3n) is 4.54. The molecule has 0 aliphatic rings. The van der Waals surface area contributed by atoms with Gasteiger partial charge in [0.05, 0.1) is 11.1 Å². The summed E-state index contributed by atoms with van der Waals surface area (Å²) in [5, 5.41) is 6.01. The monoisotopic (exact) mass is 476 g/mol. The molecule has 0 heterocycles. The molecule has 1 unspecified atom stereocenters. The number of carbonyl (C=O) groups is 3. The van der Waals surface area contributed by atoms with E-state index in [-0.39, 0.29) is 12.5 Å². The normalized spacial score (nSPS) is 12.6. The molecule has 0 saturated heterocycles. The zero-order valence-electron chi connectivity index (χ0n) is 18.3. The molecule has 6 nitrogen and oxygen atoms in total. The van der Waals surface area contributed by atoms with E-state index in [9.17, 15) is 14.4 Å². The molecule has 0 aliphatic heterocycles. The van der Waals surface area contributed by atoms with Crippen LogP contribution >= 0.6 is 23.4 Å². The molecule has 32 heavy (non-hydrogen) atoms. The second-order valence-corrected chi connectivity index (χ2v) is 9.25. The molecule has 2 rings (SSSR count). The van der Waals surface area contributed by atoms with Gasteiger partial charge in [-0.05, 0) is 36.5 Å². The first-order valence-electron chi connectivity index (χ1n) is 10.5. The maximum Gasteiger partial charge on any atom is 0.408 e. The van der Waals surface area contributed by atoms with E-state index >= 15 is 0 Å². The molecule has 2 atom stereocenters. The van der Waals surface area contributed by atoms with Crippen LogP contribution in [0.5, 0.6) is 0 Å². The molecule has 0 radical (unpaired) electrons. The van der Waals surface area contributed by atoms with E-state index < -0.39 is 24.1 Å². The smallest absolute Gasteiger partial charge is 0.408 e. The Balaban J connectivity index is 1.86. The lowest BCUT2D eigenvalue weighted by Gasteiger charge is -2.22. The zero-order chi connectivity index (χ0) is 23.3. The van der Waals surface area contributed by atoms with Gasteiger partial charge in [0, 0.05) is 10.6 Å². The molecule has 0 saturated carbocycles. The van der Waals surface area contributed by atoms with Gasteiger partial charge in [-0.2, -0.15) is 0 Å². The Labute approximate surface area is 198 Å². The van der Waals surface area contributed by atoms with Gasteiger partial charge in [-0.25, -0.2) is 4.79 Å². The van der Waals surface area contributed by atoms with Crippen molar-refractivity contribution in [2.75, 3.05) is 5.75 Å². The fourth-order valence-corrected chi connectivity index (χ4v) is 4.20. The zero-order valence-corrected chi connectivity index (χ0v) is 19.8. The van der Waals surface area contributed by atoms with Crippen molar-refractivity contribution in [1.82, 2.24) is 10.6 Å². The quantitative estimate of drug-likeness (QED) is 0.338. The van der Waals surface area contributed by atoms with E-state index in [4.69, 9.17) is 16.3 Å². The van der Waals surface area contributed by atoms with Crippen LogP contribution in [-0.2, 0) is 20.9 Å². The number of amides is 2. The number of halogens is 1. The third-order valence-corrected chi connectivity index (χ3v) is 6.09. The summed E-state index contributed by atoms with van der Waals surface area (Å²) in [6.45, 7) is 4.02. The van der Waals surface area contributed by atoms with Gasteiger partial charge in [0.2, 0.25) is 5.91 Å². The lowest BCUT2D eigenvalue weighted by molar-refractivity contribution is -0.126. The second kappa shape index (κ2) is 13.8. The highest BCUT2D eigenvalue weighted by Gasteiger charge is 2.24. The number of thioether (sulfide) groups is 1. The molecule has 2 aromatic rings. The van der Waals surface area contributed by atoms with Crippen LogP contribution in [0, 0.1) is 5.92 Å². The molecule has 172 valence electrons. The van der Waals surface area contributed by atoms with Crippen LogP contribution in [0.25, 0.3) is 0 Å². The van der Waals surface area contributed by atoms with Crippen molar-refractivity contribution in [3.8, 4) is 0 Å². The van der Waals surface area contributed by atoms with Gasteiger partial charge in [0.1, 0.15) is 18.9 Å². The van der Waals surface area contributed by atoms with Crippen molar-refractivity contribution in [2.45, 2.75) is 50.3 Å². The maximum absolute atomic E-state index is 12.8. The van der Waals surface area contributed by atoms with Crippen molar-refractivity contribution in [3.05, 3.63) is 65.2 Å². The SMILES string of the molecule is CC(C)C[C@H](NC(=O)OCc1ccccc1)C(=O)NC(C=O)CCSc1ccccc1Cl. The number of nitrogens with one attached hydrogen (secondary N) is 2. The number of ether oxygens (including phenoxy) is 1. The third kappa shape index (κ3) is 9.32. The first kappa shape index (κ1) is 25.7. The molecule has 2 N–H and O–H groups in total. The maximum atomic E-state index is 12.8. The Morgan fingerprint density at radius 2 is 1.75 bits per heavy atom. The van der Waals surface area contributed by atoms with E-state index in [1.807, 2.05) is 68.4 Å². The summed E-state index contributed by atoms with van der Waals surface area (Å²) in [5.74, 6) is 0.357. The van der Waals surface area contributed by atoms with E-state index in [0.717, 1.165) is 10.5 Å². The Kier molecular flexibility index (Phi) is 11.1. The molecule has 0 aliphatic carbocycles. The van der Waals surface area contributed by atoms with E-state index in [1.165, 1.54) is 11.8 Å². The standard InChI is InChI=1S/C24H29ClN2O4S/c1-17(2)14-21(27-24(30)31-16-18-8-4-3-5-9-18)23(29)26-19(15-28)12-13-32-22-11-7-6-10-20(22)25/h3-11,15,17,19,21H,12-14,16H2,1-2H3,(H,26,29)(H,27,30)/t19?,21-/m0/s1. The number of rotatable bonds is 12. The van der Waals surface area contributed by atoms with Crippen LogP contribution in [0.4, 0.5) is 4.79 Å². The van der Waals surface area contributed by atoms with Crippen molar-refractivity contribution in [3.63, 3.8) is 0 Å². The molecule has 2 amide bonds. The van der Waals surface area contributed by atoms with Crippen molar-refractivity contribution in [2.24, 2.45) is 5.92 Å². The van der Waals surface area contributed by atoms with Gasteiger partial charge in [-0.1, -0.05) is 67.9 Å². The fourth-order valence-electron chi connectivity index (χ4n) is 2.93. The van der Waals surface area contributed by atoms with Gasteiger partial charge in [0.15, 0.2) is 0 Å². The predicted molar refractivity (Wildman–Crippen MR) is 128 cm³/mol. The van der Waals surface area contributed by atoms with E-state index in [1.54, 1.807) is 0 Å².